The Morgan fingerprint density at radius 3 is 2.62 bits per heavy atom. The molecule has 0 atom stereocenters. The van der Waals surface area contributed by atoms with Crippen LogP contribution >= 0.6 is 0 Å². The number of hydrogen-bond acceptors (Lipinski definition) is 7. The Balaban J connectivity index is 1.41. The van der Waals surface area contributed by atoms with Crippen LogP contribution in [0, 0.1) is 5.82 Å². The minimum Gasteiger partial charge on any atom is -0.384 e. The van der Waals surface area contributed by atoms with Crippen LogP contribution in [0.4, 0.5) is 10.1 Å². The summed E-state index contributed by atoms with van der Waals surface area (Å²) in [7, 11) is 4.00. The first kappa shape index (κ1) is 22.7. The fourth-order valence-corrected chi connectivity index (χ4v) is 4.32. The van der Waals surface area contributed by atoms with Crippen LogP contribution in [-0.4, -0.2) is 67.2 Å². The van der Waals surface area contributed by atoms with Gasteiger partial charge in [0.1, 0.15) is 11.5 Å². The maximum absolute atomic E-state index is 14.6. The lowest BCUT2D eigenvalue weighted by molar-refractivity contribution is 0.425. The second kappa shape index (κ2) is 9.40. The van der Waals surface area contributed by atoms with Gasteiger partial charge in [-0.15, -0.1) is 0 Å². The van der Waals surface area contributed by atoms with Crippen molar-refractivity contribution in [2.45, 2.75) is 0 Å². The Morgan fingerprint density at radius 2 is 1.78 bits per heavy atom. The second-order valence-electron chi connectivity index (χ2n) is 9.03. The lowest BCUT2D eigenvalue weighted by Crippen LogP contribution is -2.20. The van der Waals surface area contributed by atoms with Gasteiger partial charge in [0, 0.05) is 54.7 Å². The smallest absolute Gasteiger partial charge is 0.181 e. The fraction of sp³-hybridized carbons (Fsp3) is 0.148. The largest absolute Gasteiger partial charge is 0.384 e. The summed E-state index contributed by atoms with van der Waals surface area (Å²) in [4.78, 5) is 23.2. The number of anilines is 1. The number of imidazole rings is 1. The zero-order valence-corrected chi connectivity index (χ0v) is 20.3. The third kappa shape index (κ3) is 4.50. The Labute approximate surface area is 211 Å². The van der Waals surface area contributed by atoms with Gasteiger partial charge in [0.25, 0.3) is 0 Å². The van der Waals surface area contributed by atoms with Gasteiger partial charge >= 0.3 is 0 Å². The molecule has 0 fully saturated rings. The highest BCUT2D eigenvalue weighted by molar-refractivity contribution is 5.96. The number of likely N-dealkylation sites (N-methyl/N-ethyl adjacent to an activating group) is 1. The van der Waals surface area contributed by atoms with Crippen molar-refractivity contribution < 1.29 is 4.39 Å². The molecule has 0 radical (unpaired) electrons. The summed E-state index contributed by atoms with van der Waals surface area (Å²) in [5, 5.41) is 11.5. The molecule has 0 saturated heterocycles. The van der Waals surface area contributed by atoms with Crippen molar-refractivity contribution >= 4 is 27.9 Å². The highest BCUT2D eigenvalue weighted by Gasteiger charge is 2.17. The lowest BCUT2D eigenvalue weighted by atomic mass is 10.0. The number of aromatic amines is 2. The second-order valence-corrected chi connectivity index (χ2v) is 9.03. The summed E-state index contributed by atoms with van der Waals surface area (Å²) >= 11 is 0. The number of rotatable bonds is 7. The zero-order chi connectivity index (χ0) is 25.4. The third-order valence-electron chi connectivity index (χ3n) is 6.15. The molecule has 37 heavy (non-hydrogen) atoms. The molecule has 9 nitrogen and oxygen atoms in total. The number of nitrogens with zero attached hydrogens (tertiary/aromatic N) is 6. The highest BCUT2D eigenvalue weighted by Crippen LogP contribution is 2.33. The normalized spacial score (nSPS) is 11.6. The molecule has 0 aliphatic heterocycles. The van der Waals surface area contributed by atoms with E-state index in [4.69, 9.17) is 4.98 Å². The third-order valence-corrected chi connectivity index (χ3v) is 6.15. The molecule has 3 N–H and O–H groups in total. The number of H-pyrrole nitrogens is 2. The van der Waals surface area contributed by atoms with Crippen molar-refractivity contribution in [3.05, 3.63) is 73.1 Å². The van der Waals surface area contributed by atoms with Gasteiger partial charge < -0.3 is 15.2 Å². The van der Waals surface area contributed by atoms with E-state index in [1.807, 2.05) is 44.4 Å². The zero-order valence-electron chi connectivity index (χ0n) is 20.3. The monoisotopic (exact) mass is 493 g/mol. The molecule has 10 heteroatoms. The van der Waals surface area contributed by atoms with Crippen LogP contribution in [0.25, 0.3) is 56.0 Å². The fourth-order valence-electron chi connectivity index (χ4n) is 4.32. The molecule has 0 aliphatic rings. The van der Waals surface area contributed by atoms with Gasteiger partial charge in [0.05, 0.1) is 10.9 Å². The number of fused-ring (bicyclic) bond motifs is 2. The van der Waals surface area contributed by atoms with Crippen LogP contribution in [0.5, 0.6) is 0 Å². The quantitative estimate of drug-likeness (QED) is 0.295. The van der Waals surface area contributed by atoms with E-state index < -0.39 is 0 Å². The molecule has 6 rings (SSSR count). The molecular weight excluding hydrogens is 469 g/mol. The minimum absolute atomic E-state index is 0.316. The summed E-state index contributed by atoms with van der Waals surface area (Å²) in [5.74, 6) is 0.260. The Kier molecular flexibility index (Phi) is 5.78. The van der Waals surface area contributed by atoms with Gasteiger partial charge in [-0.25, -0.2) is 19.3 Å². The molecule has 184 valence electrons. The van der Waals surface area contributed by atoms with E-state index in [0.29, 0.717) is 34.9 Å². The average molecular weight is 494 g/mol. The molecule has 0 bridgehead atoms. The minimum atomic E-state index is -0.316. The molecule has 0 amide bonds. The van der Waals surface area contributed by atoms with Crippen LogP contribution < -0.4 is 5.32 Å². The lowest BCUT2D eigenvalue weighted by Gasteiger charge is -2.13. The van der Waals surface area contributed by atoms with E-state index in [-0.39, 0.29) is 5.82 Å². The Morgan fingerprint density at radius 1 is 0.919 bits per heavy atom. The summed E-state index contributed by atoms with van der Waals surface area (Å²) in [5.41, 5.74) is 6.73. The average Bonchev–Trinajstić information content (AvgIpc) is 3.52. The summed E-state index contributed by atoms with van der Waals surface area (Å²) in [6.07, 6.45) is 6.96. The van der Waals surface area contributed by atoms with Gasteiger partial charge in [-0.05, 0) is 67.7 Å². The van der Waals surface area contributed by atoms with Gasteiger partial charge in [0.15, 0.2) is 17.1 Å². The predicted molar refractivity (Wildman–Crippen MR) is 142 cm³/mol. The van der Waals surface area contributed by atoms with Crippen molar-refractivity contribution in [2.75, 3.05) is 32.5 Å². The standard InChI is InChI=1S/C27H24FN9/c1-37(2)10-9-30-20-12-17(11-19(28)14-20)21-5-8-31-26-23(21)33-27(34-26)24-22-13-18(15-32-25(22)36-35-24)16-3-6-29-7-4-16/h3-8,11-15,30H,9-10H2,1-2H3,(H,31,33,34)(H,32,35,36). The van der Waals surface area contributed by atoms with Gasteiger partial charge in [0.2, 0.25) is 0 Å². The number of benzene rings is 1. The molecule has 5 aromatic heterocycles. The van der Waals surface area contributed by atoms with E-state index in [0.717, 1.165) is 39.9 Å². The molecular formula is C27H24FN9. The number of hydrogen-bond donors (Lipinski definition) is 3. The number of pyridine rings is 3. The van der Waals surface area contributed by atoms with Crippen molar-refractivity contribution in [3.8, 4) is 33.8 Å². The maximum Gasteiger partial charge on any atom is 0.181 e. The first-order chi connectivity index (χ1) is 18.0. The van der Waals surface area contributed by atoms with E-state index in [1.54, 1.807) is 24.8 Å². The summed E-state index contributed by atoms with van der Waals surface area (Å²) < 4.78 is 14.6. The number of halogens is 1. The van der Waals surface area contributed by atoms with E-state index in [9.17, 15) is 4.39 Å². The van der Waals surface area contributed by atoms with Gasteiger partial charge in [-0.2, -0.15) is 5.10 Å². The maximum atomic E-state index is 14.6. The highest BCUT2D eigenvalue weighted by atomic mass is 19.1. The van der Waals surface area contributed by atoms with E-state index >= 15 is 0 Å². The van der Waals surface area contributed by atoms with Crippen molar-refractivity contribution in [1.29, 1.82) is 0 Å². The molecule has 5 heterocycles. The summed E-state index contributed by atoms with van der Waals surface area (Å²) in [6.45, 7) is 1.55. The molecule has 0 saturated carbocycles. The van der Waals surface area contributed by atoms with Crippen molar-refractivity contribution in [2.24, 2.45) is 0 Å². The van der Waals surface area contributed by atoms with Crippen LogP contribution in [0.2, 0.25) is 0 Å². The molecule has 6 aromatic rings. The SMILES string of the molecule is CN(C)CCNc1cc(F)cc(-c2ccnc3nc(-c4[nH]nc5ncc(-c6ccncc6)cc45)[nH]c23)c1. The van der Waals surface area contributed by atoms with Gasteiger partial charge in [-0.1, -0.05) is 0 Å². The van der Waals surface area contributed by atoms with Crippen LogP contribution in [0.3, 0.4) is 0 Å². The van der Waals surface area contributed by atoms with Gasteiger partial charge in [-0.3, -0.25) is 10.1 Å². The van der Waals surface area contributed by atoms with Crippen LogP contribution in [0.1, 0.15) is 0 Å². The van der Waals surface area contributed by atoms with Crippen molar-refractivity contribution in [1.82, 2.24) is 40.0 Å². The molecule has 0 aliphatic carbocycles. The predicted octanol–water partition coefficient (Wildman–Crippen LogP) is 4.74. The first-order valence-corrected chi connectivity index (χ1v) is 11.8. The molecule has 0 spiro atoms. The topological polar surface area (TPSA) is 111 Å². The Bertz CT molecular complexity index is 1710. The molecule has 0 unspecified atom stereocenters. The number of aromatic nitrogens is 7. The first-order valence-electron chi connectivity index (χ1n) is 11.8. The number of nitrogens with one attached hydrogen (secondary N) is 3. The Hall–Kier alpha value is -4.70. The van der Waals surface area contributed by atoms with Crippen molar-refractivity contribution in [3.63, 3.8) is 0 Å². The van der Waals surface area contributed by atoms with Crippen LogP contribution in [-0.2, 0) is 0 Å². The molecule has 1 aromatic carbocycles. The van der Waals surface area contributed by atoms with E-state index in [2.05, 4.69) is 40.3 Å². The summed E-state index contributed by atoms with van der Waals surface area (Å²) in [6, 6.07) is 12.7. The van der Waals surface area contributed by atoms with Crippen LogP contribution in [0.15, 0.2) is 67.3 Å². The van der Waals surface area contributed by atoms with E-state index in [1.165, 1.54) is 12.1 Å².